The van der Waals surface area contributed by atoms with Gasteiger partial charge in [-0.2, -0.15) is 0 Å². The average Bonchev–Trinajstić information content (AvgIpc) is 2.42. The monoisotopic (exact) mass is 253 g/mol. The fourth-order valence-corrected chi connectivity index (χ4v) is 2.51. The normalized spacial score (nSPS) is 18.6. The molecule has 0 radical (unpaired) electrons. The molecule has 1 aliphatic rings. The summed E-state index contributed by atoms with van der Waals surface area (Å²) in [5, 5.41) is 0. The van der Waals surface area contributed by atoms with Gasteiger partial charge in [-0.15, -0.1) is 0 Å². The number of nitrogens with two attached hydrogens (primary N) is 1. The summed E-state index contributed by atoms with van der Waals surface area (Å²) < 4.78 is 24.5. The fraction of sp³-hybridized carbons (Fsp3) is 0.571. The molecule has 4 heteroatoms. The van der Waals surface area contributed by atoms with Gasteiger partial charge in [-0.25, -0.2) is 4.39 Å². The van der Waals surface area contributed by atoms with Crippen molar-refractivity contribution in [3.63, 3.8) is 0 Å². The van der Waals surface area contributed by atoms with Crippen LogP contribution in [0.3, 0.4) is 0 Å². The van der Waals surface area contributed by atoms with Gasteiger partial charge < -0.3 is 15.2 Å². The van der Waals surface area contributed by atoms with Crippen LogP contribution in [0.15, 0.2) is 18.2 Å². The van der Waals surface area contributed by atoms with Crippen molar-refractivity contribution < 1.29 is 13.9 Å². The number of hydrogen-bond acceptors (Lipinski definition) is 3. The van der Waals surface area contributed by atoms with Crippen molar-refractivity contribution in [3.05, 3.63) is 29.6 Å². The standard InChI is InChI=1S/C14H20FNO2/c1-17-12-4-2-3-11(13(12)15)9-14(10-16)5-7-18-8-6-14/h2-4H,5-10,16H2,1H3. The largest absolute Gasteiger partial charge is 0.494 e. The third-order valence-electron chi connectivity index (χ3n) is 3.82. The molecule has 0 unspecified atom stereocenters. The zero-order valence-corrected chi connectivity index (χ0v) is 10.7. The first-order valence-corrected chi connectivity index (χ1v) is 6.30. The van der Waals surface area contributed by atoms with E-state index in [-0.39, 0.29) is 11.2 Å². The molecule has 0 spiro atoms. The van der Waals surface area contributed by atoms with Crippen LogP contribution in [0, 0.1) is 11.2 Å². The highest BCUT2D eigenvalue weighted by atomic mass is 19.1. The number of rotatable bonds is 4. The Hall–Kier alpha value is -1.13. The molecule has 0 aliphatic carbocycles. The van der Waals surface area contributed by atoms with Gasteiger partial charge in [0, 0.05) is 13.2 Å². The maximum absolute atomic E-state index is 14.1. The van der Waals surface area contributed by atoms with E-state index in [4.69, 9.17) is 15.2 Å². The molecule has 0 saturated carbocycles. The van der Waals surface area contributed by atoms with Crippen LogP contribution in [0.1, 0.15) is 18.4 Å². The summed E-state index contributed by atoms with van der Waals surface area (Å²) in [6.07, 6.45) is 2.43. The van der Waals surface area contributed by atoms with Crippen molar-refractivity contribution in [1.29, 1.82) is 0 Å². The Kier molecular flexibility index (Phi) is 4.19. The van der Waals surface area contributed by atoms with E-state index < -0.39 is 0 Å². The lowest BCUT2D eigenvalue weighted by atomic mass is 9.75. The summed E-state index contributed by atoms with van der Waals surface area (Å²) in [6.45, 7) is 1.98. The lowest BCUT2D eigenvalue weighted by Crippen LogP contribution is -2.38. The van der Waals surface area contributed by atoms with Crippen molar-refractivity contribution in [2.24, 2.45) is 11.1 Å². The van der Waals surface area contributed by atoms with Gasteiger partial charge in [-0.3, -0.25) is 0 Å². The minimum absolute atomic E-state index is 0.0363. The van der Waals surface area contributed by atoms with Gasteiger partial charge in [0.2, 0.25) is 0 Å². The van der Waals surface area contributed by atoms with Gasteiger partial charge in [0.1, 0.15) is 0 Å². The van der Waals surface area contributed by atoms with Gasteiger partial charge in [-0.1, -0.05) is 12.1 Å². The molecule has 3 nitrogen and oxygen atoms in total. The average molecular weight is 253 g/mol. The Morgan fingerprint density at radius 1 is 1.39 bits per heavy atom. The van der Waals surface area contributed by atoms with Crippen LogP contribution in [0.4, 0.5) is 4.39 Å². The summed E-state index contributed by atoms with van der Waals surface area (Å²) in [7, 11) is 1.48. The SMILES string of the molecule is COc1cccc(CC2(CN)CCOCC2)c1F. The predicted molar refractivity (Wildman–Crippen MR) is 68.2 cm³/mol. The van der Waals surface area contributed by atoms with Crippen LogP contribution < -0.4 is 10.5 Å². The fourth-order valence-electron chi connectivity index (χ4n) is 2.51. The predicted octanol–water partition coefficient (Wildman–Crippen LogP) is 2.13. The molecule has 2 N–H and O–H groups in total. The van der Waals surface area contributed by atoms with E-state index >= 15 is 0 Å². The topological polar surface area (TPSA) is 44.5 Å². The molecular weight excluding hydrogens is 233 g/mol. The highest BCUT2D eigenvalue weighted by Gasteiger charge is 2.32. The highest BCUT2D eigenvalue weighted by molar-refractivity contribution is 5.31. The molecule has 0 atom stereocenters. The Balaban J connectivity index is 2.21. The molecule has 0 aromatic heterocycles. The van der Waals surface area contributed by atoms with Crippen molar-refractivity contribution in [2.45, 2.75) is 19.3 Å². The number of methoxy groups -OCH3 is 1. The van der Waals surface area contributed by atoms with E-state index in [1.807, 2.05) is 12.1 Å². The molecule has 1 aromatic rings. The molecule has 0 bridgehead atoms. The summed E-state index contributed by atoms with van der Waals surface area (Å²) in [5.41, 5.74) is 6.54. The van der Waals surface area contributed by atoms with E-state index in [1.54, 1.807) is 6.07 Å². The minimum atomic E-state index is -0.265. The Bertz CT molecular complexity index is 403. The zero-order chi connectivity index (χ0) is 13.0. The van der Waals surface area contributed by atoms with Gasteiger partial charge in [0.05, 0.1) is 7.11 Å². The second-order valence-corrected chi connectivity index (χ2v) is 4.93. The molecule has 1 aromatic carbocycles. The van der Waals surface area contributed by atoms with Crippen LogP contribution in [0.5, 0.6) is 5.75 Å². The number of hydrogen-bond donors (Lipinski definition) is 1. The molecule has 100 valence electrons. The lowest BCUT2D eigenvalue weighted by Gasteiger charge is -2.36. The minimum Gasteiger partial charge on any atom is -0.494 e. The summed E-state index contributed by atoms with van der Waals surface area (Å²) >= 11 is 0. The zero-order valence-electron chi connectivity index (χ0n) is 10.7. The van der Waals surface area contributed by atoms with Gasteiger partial charge >= 0.3 is 0 Å². The van der Waals surface area contributed by atoms with Crippen molar-refractivity contribution >= 4 is 0 Å². The van der Waals surface area contributed by atoms with Crippen LogP contribution in [0.2, 0.25) is 0 Å². The van der Waals surface area contributed by atoms with E-state index in [9.17, 15) is 4.39 Å². The Morgan fingerprint density at radius 2 is 2.11 bits per heavy atom. The Morgan fingerprint density at radius 3 is 2.72 bits per heavy atom. The first-order valence-electron chi connectivity index (χ1n) is 6.30. The third kappa shape index (κ3) is 2.65. The van der Waals surface area contributed by atoms with Gasteiger partial charge in [-0.05, 0) is 42.9 Å². The molecule has 1 fully saturated rings. The second-order valence-electron chi connectivity index (χ2n) is 4.93. The number of benzene rings is 1. The van der Waals surface area contributed by atoms with Crippen LogP contribution in [-0.2, 0) is 11.2 Å². The molecule has 1 saturated heterocycles. The maximum Gasteiger partial charge on any atom is 0.168 e. The molecule has 2 rings (SSSR count). The molecule has 1 heterocycles. The van der Waals surface area contributed by atoms with Crippen molar-refractivity contribution in [1.82, 2.24) is 0 Å². The van der Waals surface area contributed by atoms with E-state index in [0.717, 1.165) is 12.8 Å². The quantitative estimate of drug-likeness (QED) is 0.894. The number of halogens is 1. The third-order valence-corrected chi connectivity index (χ3v) is 3.82. The van der Waals surface area contributed by atoms with E-state index in [2.05, 4.69) is 0 Å². The Labute approximate surface area is 107 Å². The second kappa shape index (κ2) is 5.67. The van der Waals surface area contributed by atoms with E-state index in [1.165, 1.54) is 7.11 Å². The van der Waals surface area contributed by atoms with Crippen LogP contribution in [0.25, 0.3) is 0 Å². The first kappa shape index (κ1) is 13.3. The highest BCUT2D eigenvalue weighted by Crippen LogP contribution is 2.35. The summed E-state index contributed by atoms with van der Waals surface area (Å²) in [6, 6.07) is 5.27. The van der Waals surface area contributed by atoms with Crippen molar-refractivity contribution in [2.75, 3.05) is 26.9 Å². The van der Waals surface area contributed by atoms with E-state index in [0.29, 0.717) is 37.5 Å². The molecule has 1 aliphatic heterocycles. The molecule has 18 heavy (non-hydrogen) atoms. The number of ether oxygens (including phenoxy) is 2. The summed E-state index contributed by atoms with van der Waals surface area (Å²) in [4.78, 5) is 0. The lowest BCUT2D eigenvalue weighted by molar-refractivity contribution is 0.0187. The summed E-state index contributed by atoms with van der Waals surface area (Å²) in [5.74, 6) is 0.0334. The van der Waals surface area contributed by atoms with Crippen LogP contribution >= 0.6 is 0 Å². The van der Waals surface area contributed by atoms with Crippen LogP contribution in [-0.4, -0.2) is 26.9 Å². The smallest absolute Gasteiger partial charge is 0.168 e. The van der Waals surface area contributed by atoms with Gasteiger partial charge in [0.15, 0.2) is 11.6 Å². The van der Waals surface area contributed by atoms with Crippen molar-refractivity contribution in [3.8, 4) is 5.75 Å². The van der Waals surface area contributed by atoms with Gasteiger partial charge in [0.25, 0.3) is 0 Å². The maximum atomic E-state index is 14.1. The molecular formula is C14H20FNO2. The first-order chi connectivity index (χ1) is 8.71. The molecule has 0 amide bonds.